The normalized spacial score (nSPS) is 11.2. The minimum Gasteiger partial charge on any atom is -0.790 e. The second kappa shape index (κ2) is 14.3. The fraction of sp³-hybridized carbons (Fsp3) is 1.00. The van der Waals surface area contributed by atoms with Crippen molar-refractivity contribution in [1.29, 1.82) is 0 Å². The van der Waals surface area contributed by atoms with E-state index < -0.39 is 13.9 Å². The molecule has 0 fully saturated rings. The first-order valence-electron chi connectivity index (χ1n) is 2.31. The molecular formula is C3H9K2O6P. The van der Waals surface area contributed by atoms with Crippen molar-refractivity contribution in [1.82, 2.24) is 0 Å². The van der Waals surface area contributed by atoms with E-state index in [1.807, 2.05) is 0 Å². The van der Waals surface area contributed by atoms with Gasteiger partial charge in [-0.2, -0.15) is 0 Å². The zero-order valence-corrected chi connectivity index (χ0v) is 14.4. The van der Waals surface area contributed by atoms with Gasteiger partial charge in [0.2, 0.25) is 0 Å². The molecule has 3 N–H and O–H groups in total. The van der Waals surface area contributed by atoms with Crippen LogP contribution >= 0.6 is 7.82 Å². The van der Waals surface area contributed by atoms with Gasteiger partial charge in [-0.3, -0.25) is 0 Å². The monoisotopic (exact) mass is 250 g/mol. The van der Waals surface area contributed by atoms with Gasteiger partial charge in [0.15, 0.2) is 0 Å². The van der Waals surface area contributed by atoms with Gasteiger partial charge in [0, 0.05) is 0 Å². The van der Waals surface area contributed by atoms with Crippen molar-refractivity contribution in [2.24, 2.45) is 0 Å². The summed E-state index contributed by atoms with van der Waals surface area (Å²) in [7, 11) is -5.14. The number of aliphatic hydroxyl groups excluding tert-OH is 2. The summed E-state index contributed by atoms with van der Waals surface area (Å²) in [6.07, 6.45) is -0.560. The first kappa shape index (κ1) is 24.5. The maximum absolute atomic E-state index is 8.66. The third-order valence-electron chi connectivity index (χ3n) is 0.264. The summed E-state index contributed by atoms with van der Waals surface area (Å²) < 4.78 is 8.66. The molecule has 0 aromatic carbocycles. The number of hydrogen-bond donors (Lipinski definition) is 3. The Morgan fingerprint density at radius 1 is 1.42 bits per heavy atom. The van der Waals surface area contributed by atoms with Crippen LogP contribution in [-0.2, 0) is 4.57 Å². The summed E-state index contributed by atoms with van der Waals surface area (Å²) in [5, 5.41) is 16.0. The van der Waals surface area contributed by atoms with Gasteiger partial charge >= 0.3 is 103 Å². The van der Waals surface area contributed by atoms with Crippen LogP contribution in [0.25, 0.3) is 0 Å². The molecule has 64 valence electrons. The van der Waals surface area contributed by atoms with E-state index in [0.29, 0.717) is 0 Å². The fourth-order valence-electron chi connectivity index (χ4n) is 0. The molecule has 0 spiro atoms. The summed E-state index contributed by atoms with van der Waals surface area (Å²) in [5.74, 6) is 0. The molecule has 0 aliphatic carbocycles. The second-order valence-electron chi connectivity index (χ2n) is 1.50. The van der Waals surface area contributed by atoms with Gasteiger partial charge in [0.05, 0.1) is 20.5 Å². The standard InChI is InChI=1S/C3H8O2.2K.H3O4P/c1-3(5)2-4;;;1-5(2,3)4/h3-5H,2H2,1H3;;;(H3,1,2,3,4)/q;2*+1;/p-2. The molecule has 0 saturated heterocycles. The molecule has 0 aromatic rings. The topological polar surface area (TPSA) is 124 Å². The van der Waals surface area contributed by atoms with E-state index in [0.717, 1.165) is 0 Å². The van der Waals surface area contributed by atoms with Crippen LogP contribution in [0.2, 0.25) is 0 Å². The third kappa shape index (κ3) is 71.6. The van der Waals surface area contributed by atoms with Gasteiger partial charge in [-0.15, -0.1) is 0 Å². The van der Waals surface area contributed by atoms with Crippen LogP contribution in [0, 0.1) is 0 Å². The van der Waals surface area contributed by atoms with Crippen LogP contribution in [0.15, 0.2) is 0 Å². The SMILES string of the molecule is CC(O)CO.O=P([O-])([O-])O.[K+].[K+]. The first-order valence-corrected chi connectivity index (χ1v) is 3.80. The van der Waals surface area contributed by atoms with Crippen LogP contribution in [0.4, 0.5) is 0 Å². The molecule has 1 unspecified atom stereocenters. The van der Waals surface area contributed by atoms with Crippen molar-refractivity contribution in [2.75, 3.05) is 6.61 Å². The van der Waals surface area contributed by atoms with Crippen molar-refractivity contribution in [2.45, 2.75) is 13.0 Å². The summed E-state index contributed by atoms with van der Waals surface area (Å²) in [6, 6.07) is 0. The van der Waals surface area contributed by atoms with Crippen LogP contribution in [0.3, 0.4) is 0 Å². The second-order valence-corrected chi connectivity index (χ2v) is 2.44. The Labute approximate surface area is 156 Å². The molecule has 0 aliphatic rings. The molecule has 0 aliphatic heterocycles. The van der Waals surface area contributed by atoms with E-state index in [2.05, 4.69) is 0 Å². The van der Waals surface area contributed by atoms with Gasteiger partial charge in [-0.1, -0.05) is 0 Å². The average molecular weight is 250 g/mol. The Balaban J connectivity index is -0.0000000457. The molecule has 0 heterocycles. The maximum Gasteiger partial charge on any atom is 1.00 e. The Kier molecular flexibility index (Phi) is 29.2. The van der Waals surface area contributed by atoms with E-state index in [1.165, 1.54) is 6.92 Å². The fourth-order valence-corrected chi connectivity index (χ4v) is 0. The van der Waals surface area contributed by atoms with E-state index in [-0.39, 0.29) is 109 Å². The predicted molar refractivity (Wildman–Crippen MR) is 28.6 cm³/mol. The molecule has 0 rings (SSSR count). The number of aliphatic hydroxyl groups is 2. The maximum atomic E-state index is 8.66. The first-order chi connectivity index (χ1) is 4.27. The van der Waals surface area contributed by atoms with Gasteiger partial charge in [0.1, 0.15) is 0 Å². The van der Waals surface area contributed by atoms with Crippen molar-refractivity contribution in [3.63, 3.8) is 0 Å². The average Bonchev–Trinajstić information content (AvgIpc) is 1.61. The molecular weight excluding hydrogens is 241 g/mol. The van der Waals surface area contributed by atoms with Gasteiger partial charge in [-0.05, 0) is 6.92 Å². The number of rotatable bonds is 1. The molecule has 9 heteroatoms. The van der Waals surface area contributed by atoms with Crippen LogP contribution in [0.1, 0.15) is 6.92 Å². The Hall–Kier alpha value is 3.30. The molecule has 0 aromatic heterocycles. The van der Waals surface area contributed by atoms with E-state index in [1.54, 1.807) is 0 Å². The summed E-state index contributed by atoms with van der Waals surface area (Å²) in [5.41, 5.74) is 0. The van der Waals surface area contributed by atoms with E-state index in [4.69, 9.17) is 29.5 Å². The minimum absolute atomic E-state index is 0. The van der Waals surface area contributed by atoms with Crippen LogP contribution in [0.5, 0.6) is 0 Å². The van der Waals surface area contributed by atoms with E-state index >= 15 is 0 Å². The zero-order chi connectivity index (χ0) is 8.78. The minimum atomic E-state index is -5.14. The van der Waals surface area contributed by atoms with Crippen molar-refractivity contribution in [3.05, 3.63) is 0 Å². The summed E-state index contributed by atoms with van der Waals surface area (Å²) >= 11 is 0. The van der Waals surface area contributed by atoms with Crippen molar-refractivity contribution < 1.29 is 132 Å². The predicted octanol–water partition coefficient (Wildman–Crippen LogP) is -8.83. The number of phosphoric acid groups is 1. The molecule has 0 amide bonds. The van der Waals surface area contributed by atoms with Crippen LogP contribution in [-0.4, -0.2) is 27.8 Å². The van der Waals surface area contributed by atoms with E-state index in [9.17, 15) is 0 Å². The van der Waals surface area contributed by atoms with Crippen molar-refractivity contribution >= 4 is 7.82 Å². The van der Waals surface area contributed by atoms with Gasteiger partial charge in [0.25, 0.3) is 0 Å². The Morgan fingerprint density at radius 2 is 1.50 bits per heavy atom. The molecule has 1 atom stereocenters. The molecule has 0 bridgehead atoms. The molecule has 0 radical (unpaired) electrons. The summed E-state index contributed by atoms with van der Waals surface area (Å²) in [6.45, 7) is 1.39. The van der Waals surface area contributed by atoms with Crippen LogP contribution < -0.4 is 113 Å². The third-order valence-corrected chi connectivity index (χ3v) is 0.264. The Morgan fingerprint density at radius 3 is 1.50 bits per heavy atom. The van der Waals surface area contributed by atoms with Gasteiger partial charge in [-0.25, -0.2) is 0 Å². The largest absolute Gasteiger partial charge is 1.00 e. The quantitative estimate of drug-likeness (QED) is 0.313. The molecule has 12 heavy (non-hydrogen) atoms. The van der Waals surface area contributed by atoms with Crippen molar-refractivity contribution in [3.8, 4) is 0 Å². The zero-order valence-electron chi connectivity index (χ0n) is 7.30. The Bertz CT molecular complexity index is 105. The number of hydrogen-bond acceptors (Lipinski definition) is 5. The van der Waals surface area contributed by atoms with Gasteiger partial charge < -0.3 is 29.5 Å². The molecule has 0 saturated carbocycles. The smallest absolute Gasteiger partial charge is 0.790 e. The molecule has 6 nitrogen and oxygen atoms in total. The summed E-state index contributed by atoms with van der Waals surface area (Å²) in [4.78, 5) is 24.3.